The molecule has 0 aliphatic heterocycles. The molecule has 0 fully saturated rings. The van der Waals surface area contributed by atoms with Crippen molar-refractivity contribution in [3.8, 4) is 0 Å². The Labute approximate surface area is 93.0 Å². The van der Waals surface area contributed by atoms with Crippen molar-refractivity contribution in [2.24, 2.45) is 0 Å². The molecule has 0 aliphatic rings. The average molecular weight is 262 g/mol. The fourth-order valence-electron chi connectivity index (χ4n) is 0.778. The molecule has 0 aliphatic carbocycles. The van der Waals surface area contributed by atoms with Gasteiger partial charge in [0.2, 0.25) is 5.89 Å². The van der Waals surface area contributed by atoms with Gasteiger partial charge < -0.3 is 9.73 Å². The molecule has 4 nitrogen and oxygen atoms in total. The normalized spacial score (nSPS) is 12.1. The first-order valence-corrected chi connectivity index (χ1v) is 4.77. The Morgan fingerprint density at radius 2 is 2.06 bits per heavy atom. The molecule has 0 bridgehead atoms. The summed E-state index contributed by atoms with van der Waals surface area (Å²) in [5, 5.41) is 8.72. The van der Waals surface area contributed by atoms with Gasteiger partial charge >= 0.3 is 18.4 Å². The third-order valence-electron chi connectivity index (χ3n) is 1.57. The van der Waals surface area contributed by atoms with E-state index in [1.807, 2.05) is 5.32 Å². The molecule has 0 atom stereocenters. The number of anilines is 1. The SMILES string of the molecule is FC(F)C(F)(F)CNc1nnc(CCCl)o1. The van der Waals surface area contributed by atoms with Gasteiger partial charge in [0.15, 0.2) is 0 Å². The highest BCUT2D eigenvalue weighted by Gasteiger charge is 2.40. The lowest BCUT2D eigenvalue weighted by molar-refractivity contribution is -0.117. The molecule has 1 aromatic rings. The number of rotatable bonds is 6. The number of halogens is 5. The summed E-state index contributed by atoms with van der Waals surface area (Å²) in [5.74, 6) is -3.76. The molecule has 1 aromatic heterocycles. The monoisotopic (exact) mass is 261 g/mol. The van der Waals surface area contributed by atoms with Crippen LogP contribution < -0.4 is 5.32 Å². The first-order valence-electron chi connectivity index (χ1n) is 4.24. The summed E-state index contributed by atoms with van der Waals surface area (Å²) >= 11 is 5.37. The molecule has 1 N–H and O–H groups in total. The Hall–Kier alpha value is -1.05. The fourth-order valence-corrected chi connectivity index (χ4v) is 0.939. The Morgan fingerprint density at radius 1 is 1.38 bits per heavy atom. The molecule has 0 amide bonds. The first kappa shape index (κ1) is 13.0. The lowest BCUT2D eigenvalue weighted by Gasteiger charge is -2.14. The maximum absolute atomic E-state index is 12.5. The van der Waals surface area contributed by atoms with E-state index in [9.17, 15) is 17.6 Å². The van der Waals surface area contributed by atoms with Crippen molar-refractivity contribution in [3.63, 3.8) is 0 Å². The maximum atomic E-state index is 12.5. The Balaban J connectivity index is 2.48. The minimum absolute atomic E-state index is 0.151. The zero-order chi connectivity index (χ0) is 12.2. The number of hydrogen-bond acceptors (Lipinski definition) is 4. The van der Waals surface area contributed by atoms with Crippen LogP contribution in [0.4, 0.5) is 23.6 Å². The second-order valence-electron chi connectivity index (χ2n) is 2.86. The van der Waals surface area contributed by atoms with E-state index in [1.165, 1.54) is 0 Å². The van der Waals surface area contributed by atoms with E-state index < -0.39 is 18.9 Å². The maximum Gasteiger partial charge on any atom is 0.324 e. The number of hydrogen-bond donors (Lipinski definition) is 1. The van der Waals surface area contributed by atoms with Crippen molar-refractivity contribution in [1.82, 2.24) is 10.2 Å². The fraction of sp³-hybridized carbons (Fsp3) is 0.714. The van der Waals surface area contributed by atoms with Gasteiger partial charge in [-0.2, -0.15) is 8.78 Å². The second kappa shape index (κ2) is 5.33. The molecule has 0 saturated carbocycles. The van der Waals surface area contributed by atoms with E-state index in [-0.39, 0.29) is 24.2 Å². The lowest BCUT2D eigenvalue weighted by atomic mass is 10.3. The van der Waals surface area contributed by atoms with Gasteiger partial charge in [0.05, 0.1) is 6.54 Å². The largest absolute Gasteiger partial charge is 0.408 e. The summed E-state index contributed by atoms with van der Waals surface area (Å²) < 4.78 is 53.3. The number of nitrogens with zero attached hydrogens (tertiary/aromatic N) is 2. The minimum Gasteiger partial charge on any atom is -0.408 e. The van der Waals surface area contributed by atoms with Crippen LogP contribution in [0, 0.1) is 0 Å². The highest BCUT2D eigenvalue weighted by atomic mass is 35.5. The zero-order valence-electron chi connectivity index (χ0n) is 7.89. The molecule has 1 rings (SSSR count). The highest BCUT2D eigenvalue weighted by Crippen LogP contribution is 2.23. The van der Waals surface area contributed by atoms with Gasteiger partial charge in [-0.1, -0.05) is 5.10 Å². The molecule has 0 unspecified atom stereocenters. The number of nitrogens with one attached hydrogen (secondary N) is 1. The van der Waals surface area contributed by atoms with Crippen LogP contribution >= 0.6 is 11.6 Å². The summed E-state index contributed by atoms with van der Waals surface area (Å²) in [7, 11) is 0. The van der Waals surface area contributed by atoms with E-state index in [0.717, 1.165) is 0 Å². The Morgan fingerprint density at radius 3 is 2.62 bits per heavy atom. The van der Waals surface area contributed by atoms with E-state index in [1.54, 1.807) is 0 Å². The van der Waals surface area contributed by atoms with E-state index in [2.05, 4.69) is 10.2 Å². The van der Waals surface area contributed by atoms with Crippen molar-refractivity contribution in [1.29, 1.82) is 0 Å². The first-order chi connectivity index (χ1) is 7.45. The molecular weight excluding hydrogens is 254 g/mol. The van der Waals surface area contributed by atoms with Crippen molar-refractivity contribution in [2.45, 2.75) is 18.8 Å². The highest BCUT2D eigenvalue weighted by molar-refractivity contribution is 6.17. The number of aryl methyl sites for hydroxylation is 1. The van der Waals surface area contributed by atoms with Crippen LogP contribution in [0.3, 0.4) is 0 Å². The van der Waals surface area contributed by atoms with Gasteiger partial charge in [0, 0.05) is 12.3 Å². The molecule has 9 heteroatoms. The topological polar surface area (TPSA) is 51.0 Å². The minimum atomic E-state index is -4.14. The van der Waals surface area contributed by atoms with Gasteiger partial charge in [-0.25, -0.2) is 8.78 Å². The predicted molar refractivity (Wildman–Crippen MR) is 48.2 cm³/mol. The molecule has 92 valence electrons. The molecular formula is C7H8ClF4N3O. The average Bonchev–Trinajstić information content (AvgIpc) is 2.63. The lowest BCUT2D eigenvalue weighted by Crippen LogP contribution is -2.34. The van der Waals surface area contributed by atoms with Crippen LogP contribution in [0.25, 0.3) is 0 Å². The molecule has 1 heterocycles. The number of aromatic nitrogens is 2. The van der Waals surface area contributed by atoms with E-state index in [0.29, 0.717) is 0 Å². The van der Waals surface area contributed by atoms with Crippen LogP contribution in [0.1, 0.15) is 5.89 Å². The summed E-state index contributed by atoms with van der Waals surface area (Å²) in [6.45, 7) is -1.27. The van der Waals surface area contributed by atoms with Crippen LogP contribution in [0.2, 0.25) is 0 Å². The molecule has 16 heavy (non-hydrogen) atoms. The van der Waals surface area contributed by atoms with E-state index in [4.69, 9.17) is 16.0 Å². The smallest absolute Gasteiger partial charge is 0.324 e. The van der Waals surface area contributed by atoms with Gasteiger partial charge in [-0.3, -0.25) is 0 Å². The van der Waals surface area contributed by atoms with Crippen molar-refractivity contribution < 1.29 is 22.0 Å². The second-order valence-corrected chi connectivity index (χ2v) is 3.23. The third kappa shape index (κ3) is 3.51. The standard InChI is InChI=1S/C7H8ClF4N3O/c8-2-1-4-14-15-6(16-4)13-3-7(11,12)5(9)10/h5H,1-3H2,(H,13,15). The Bertz CT molecular complexity index is 333. The molecule has 0 radical (unpaired) electrons. The van der Waals surface area contributed by atoms with Gasteiger partial charge in [0.25, 0.3) is 0 Å². The van der Waals surface area contributed by atoms with Crippen molar-refractivity contribution in [3.05, 3.63) is 5.89 Å². The quantitative estimate of drug-likeness (QED) is 0.630. The zero-order valence-corrected chi connectivity index (χ0v) is 8.65. The third-order valence-corrected chi connectivity index (χ3v) is 1.76. The summed E-state index contributed by atoms with van der Waals surface area (Å²) in [5.41, 5.74) is 0. The van der Waals surface area contributed by atoms with Crippen molar-refractivity contribution >= 4 is 17.6 Å². The molecule has 0 aromatic carbocycles. The predicted octanol–water partition coefficient (Wildman–Crippen LogP) is 2.16. The van der Waals surface area contributed by atoms with Gasteiger partial charge in [-0.15, -0.1) is 16.7 Å². The summed E-state index contributed by atoms with van der Waals surface area (Å²) in [6, 6.07) is -0.333. The summed E-state index contributed by atoms with van der Waals surface area (Å²) in [6.07, 6.45) is -3.47. The van der Waals surface area contributed by atoms with Crippen LogP contribution in [-0.4, -0.2) is 35.0 Å². The van der Waals surface area contributed by atoms with Crippen LogP contribution in [-0.2, 0) is 6.42 Å². The van der Waals surface area contributed by atoms with Gasteiger partial charge in [-0.05, 0) is 0 Å². The van der Waals surface area contributed by atoms with E-state index >= 15 is 0 Å². The molecule has 0 spiro atoms. The summed E-state index contributed by atoms with van der Waals surface area (Å²) in [4.78, 5) is 0. The van der Waals surface area contributed by atoms with Crippen LogP contribution in [0.15, 0.2) is 4.42 Å². The van der Waals surface area contributed by atoms with Crippen molar-refractivity contribution in [2.75, 3.05) is 17.7 Å². The number of alkyl halides is 5. The Kier molecular flexibility index (Phi) is 4.34. The van der Waals surface area contributed by atoms with Gasteiger partial charge in [0.1, 0.15) is 0 Å². The molecule has 0 saturated heterocycles. The van der Waals surface area contributed by atoms with Crippen LogP contribution in [0.5, 0.6) is 0 Å².